The molecule has 0 amide bonds. The third kappa shape index (κ3) is 0.933. The summed E-state index contributed by atoms with van der Waals surface area (Å²) in [7, 11) is 0. The molecule has 3 N–H and O–H groups in total. The van der Waals surface area contributed by atoms with Crippen LogP contribution in [0.1, 0.15) is 0 Å². The summed E-state index contributed by atoms with van der Waals surface area (Å²) in [5.41, 5.74) is 6.25. The molecule has 0 aliphatic carbocycles. The van der Waals surface area contributed by atoms with Crippen molar-refractivity contribution in [3.8, 4) is 0 Å². The van der Waals surface area contributed by atoms with Crippen LogP contribution in [-0.4, -0.2) is 18.0 Å². The van der Waals surface area contributed by atoms with Gasteiger partial charge >= 0.3 is 0 Å². The minimum atomic E-state index is 0.523. The summed E-state index contributed by atoms with van der Waals surface area (Å²) in [6.07, 6.45) is 2.00. The van der Waals surface area contributed by atoms with E-state index in [0.29, 0.717) is 11.4 Å². The number of fused-ring (bicyclic) bond motifs is 1. The third-order valence-corrected chi connectivity index (χ3v) is 2.57. The first-order valence-corrected chi connectivity index (χ1v) is 3.96. The van der Waals surface area contributed by atoms with E-state index in [9.17, 15) is 0 Å². The van der Waals surface area contributed by atoms with E-state index >= 15 is 0 Å². The molecule has 0 aromatic carbocycles. The molecule has 2 rings (SSSR count). The zero-order valence-corrected chi connectivity index (χ0v) is 5.74. The average molecular weight is 143 g/mol. The van der Waals surface area contributed by atoms with Crippen molar-refractivity contribution in [2.45, 2.75) is 11.4 Å². The van der Waals surface area contributed by atoms with Gasteiger partial charge < -0.3 is 5.32 Å². The highest BCUT2D eigenvalue weighted by molar-refractivity contribution is 8.02. The molecule has 2 unspecified atom stereocenters. The molecule has 0 bridgehead atoms. The lowest BCUT2D eigenvalue weighted by Crippen LogP contribution is -2.38. The monoisotopic (exact) mass is 143 g/mol. The fourth-order valence-electron chi connectivity index (χ4n) is 1.04. The smallest absolute Gasteiger partial charge is 0.0920 e. The van der Waals surface area contributed by atoms with E-state index in [0.717, 1.165) is 6.54 Å². The van der Waals surface area contributed by atoms with E-state index in [1.165, 1.54) is 0 Å². The van der Waals surface area contributed by atoms with Crippen LogP contribution in [0.15, 0.2) is 11.6 Å². The molecule has 2 atom stereocenters. The second-order valence-corrected chi connectivity index (χ2v) is 3.21. The highest BCUT2D eigenvalue weighted by Crippen LogP contribution is 2.18. The molecule has 50 valence electrons. The molecule has 1 saturated heterocycles. The molecule has 9 heavy (non-hydrogen) atoms. The Balaban J connectivity index is 2.07. The van der Waals surface area contributed by atoms with E-state index < -0.39 is 0 Å². The number of hydrogen-bond acceptors (Lipinski definition) is 4. The normalized spacial score (nSPS) is 40.0. The van der Waals surface area contributed by atoms with Crippen molar-refractivity contribution in [1.29, 1.82) is 0 Å². The maximum atomic E-state index is 3.25. The quantitative estimate of drug-likeness (QED) is 0.431. The molecular formula is C5H9N3S. The van der Waals surface area contributed by atoms with Gasteiger partial charge in [0, 0.05) is 12.7 Å². The lowest BCUT2D eigenvalue weighted by Gasteiger charge is -2.19. The Labute approximate surface area is 58.2 Å². The SMILES string of the molecule is C1=CSC2NNCC2N1. The van der Waals surface area contributed by atoms with Crippen molar-refractivity contribution in [3.05, 3.63) is 11.6 Å². The number of rotatable bonds is 0. The molecule has 2 heterocycles. The van der Waals surface area contributed by atoms with Gasteiger partial charge in [-0.3, -0.25) is 5.43 Å². The topological polar surface area (TPSA) is 36.1 Å². The summed E-state index contributed by atoms with van der Waals surface area (Å²) in [6, 6.07) is 0.569. The van der Waals surface area contributed by atoms with Gasteiger partial charge in [0.25, 0.3) is 0 Å². The van der Waals surface area contributed by atoms with Gasteiger partial charge in [0.1, 0.15) is 0 Å². The predicted octanol–water partition coefficient (Wildman–Crippen LogP) is -0.404. The second kappa shape index (κ2) is 2.21. The zero-order chi connectivity index (χ0) is 6.10. The van der Waals surface area contributed by atoms with Gasteiger partial charge in [-0.15, -0.1) is 11.8 Å². The van der Waals surface area contributed by atoms with Crippen LogP contribution < -0.4 is 16.2 Å². The van der Waals surface area contributed by atoms with Gasteiger partial charge in [-0.1, -0.05) is 0 Å². The van der Waals surface area contributed by atoms with Crippen LogP contribution in [0.5, 0.6) is 0 Å². The molecular weight excluding hydrogens is 134 g/mol. The van der Waals surface area contributed by atoms with Gasteiger partial charge in [-0.05, 0) is 5.41 Å². The van der Waals surface area contributed by atoms with Crippen molar-refractivity contribution in [2.75, 3.05) is 6.54 Å². The van der Waals surface area contributed by atoms with Gasteiger partial charge in [0.2, 0.25) is 0 Å². The van der Waals surface area contributed by atoms with Crippen LogP contribution in [-0.2, 0) is 0 Å². The Morgan fingerprint density at radius 2 is 2.56 bits per heavy atom. The van der Waals surface area contributed by atoms with Crippen molar-refractivity contribution in [1.82, 2.24) is 16.2 Å². The standard InChI is InChI=1S/C5H9N3S/c1-2-9-5-4(6-1)3-7-8-5/h1-2,4-8H,3H2. The number of nitrogens with one attached hydrogen (secondary N) is 3. The highest BCUT2D eigenvalue weighted by Gasteiger charge is 2.26. The molecule has 0 aromatic rings. The third-order valence-electron chi connectivity index (χ3n) is 1.54. The van der Waals surface area contributed by atoms with Crippen molar-refractivity contribution >= 4 is 11.8 Å². The molecule has 1 fully saturated rings. The average Bonchev–Trinajstić information content (AvgIpc) is 2.33. The summed E-state index contributed by atoms with van der Waals surface area (Å²) in [5.74, 6) is 0. The fourth-order valence-corrected chi connectivity index (χ4v) is 1.88. The Morgan fingerprint density at radius 3 is 3.44 bits per heavy atom. The minimum absolute atomic E-state index is 0.523. The van der Waals surface area contributed by atoms with E-state index in [4.69, 9.17) is 0 Å². The molecule has 0 spiro atoms. The summed E-state index contributed by atoms with van der Waals surface area (Å²) in [4.78, 5) is 0. The van der Waals surface area contributed by atoms with Crippen LogP contribution in [0.25, 0.3) is 0 Å². The van der Waals surface area contributed by atoms with Crippen molar-refractivity contribution in [2.24, 2.45) is 0 Å². The molecule has 4 heteroatoms. The van der Waals surface area contributed by atoms with E-state index in [1.54, 1.807) is 0 Å². The Bertz CT molecular complexity index is 122. The minimum Gasteiger partial charge on any atom is -0.384 e. The molecule has 2 aliphatic heterocycles. The predicted molar refractivity (Wildman–Crippen MR) is 38.6 cm³/mol. The van der Waals surface area contributed by atoms with Crippen LogP contribution in [0.2, 0.25) is 0 Å². The van der Waals surface area contributed by atoms with Gasteiger partial charge in [-0.2, -0.15) is 0 Å². The number of hydrazine groups is 1. The molecule has 2 aliphatic rings. The lowest BCUT2D eigenvalue weighted by molar-refractivity contribution is 0.625. The molecule has 0 aromatic heterocycles. The summed E-state index contributed by atoms with van der Waals surface area (Å²) < 4.78 is 0. The maximum absolute atomic E-state index is 3.25. The second-order valence-electron chi connectivity index (χ2n) is 2.16. The van der Waals surface area contributed by atoms with Crippen molar-refractivity contribution in [3.63, 3.8) is 0 Å². The first-order chi connectivity index (χ1) is 4.47. The highest BCUT2D eigenvalue weighted by atomic mass is 32.2. The van der Waals surface area contributed by atoms with E-state index in [-0.39, 0.29) is 0 Å². The largest absolute Gasteiger partial charge is 0.384 e. The van der Waals surface area contributed by atoms with E-state index in [2.05, 4.69) is 21.6 Å². The van der Waals surface area contributed by atoms with Crippen LogP contribution in [0, 0.1) is 0 Å². The van der Waals surface area contributed by atoms with Gasteiger partial charge in [0.05, 0.1) is 11.4 Å². The first-order valence-electron chi connectivity index (χ1n) is 3.02. The van der Waals surface area contributed by atoms with Crippen molar-refractivity contribution < 1.29 is 0 Å². The Kier molecular flexibility index (Phi) is 1.37. The van der Waals surface area contributed by atoms with Gasteiger partial charge in [0.15, 0.2) is 0 Å². The van der Waals surface area contributed by atoms with Crippen LogP contribution >= 0.6 is 11.8 Å². The summed E-state index contributed by atoms with van der Waals surface area (Å²) in [5, 5.41) is 5.85. The first kappa shape index (κ1) is 5.58. The molecule has 0 saturated carbocycles. The molecule has 0 radical (unpaired) electrons. The van der Waals surface area contributed by atoms with E-state index in [1.807, 2.05) is 18.0 Å². The Hall–Kier alpha value is -0.190. The Morgan fingerprint density at radius 1 is 1.56 bits per heavy atom. The number of hydrogen-bond donors (Lipinski definition) is 3. The molecule has 3 nitrogen and oxygen atoms in total. The van der Waals surface area contributed by atoms with Gasteiger partial charge in [-0.25, -0.2) is 5.43 Å². The zero-order valence-electron chi connectivity index (χ0n) is 4.92. The maximum Gasteiger partial charge on any atom is 0.0920 e. The van der Waals surface area contributed by atoms with Crippen LogP contribution in [0.4, 0.5) is 0 Å². The van der Waals surface area contributed by atoms with Crippen LogP contribution in [0.3, 0.4) is 0 Å². The summed E-state index contributed by atoms with van der Waals surface area (Å²) >= 11 is 1.82. The number of thioether (sulfide) groups is 1. The lowest BCUT2D eigenvalue weighted by atomic mass is 10.3. The summed E-state index contributed by atoms with van der Waals surface area (Å²) in [6.45, 7) is 1.02. The fraction of sp³-hybridized carbons (Fsp3) is 0.600.